The van der Waals surface area contributed by atoms with Crippen molar-refractivity contribution in [3.63, 3.8) is 0 Å². The van der Waals surface area contributed by atoms with Gasteiger partial charge in [0.1, 0.15) is 5.82 Å². The van der Waals surface area contributed by atoms with Gasteiger partial charge in [0.25, 0.3) is 5.91 Å². The summed E-state index contributed by atoms with van der Waals surface area (Å²) >= 11 is 0. The van der Waals surface area contributed by atoms with Gasteiger partial charge in [0, 0.05) is 19.2 Å². The summed E-state index contributed by atoms with van der Waals surface area (Å²) in [5.41, 5.74) is 0.880. The molecule has 18 heavy (non-hydrogen) atoms. The summed E-state index contributed by atoms with van der Waals surface area (Å²) in [5, 5.41) is 8.77. The Morgan fingerprint density at radius 3 is 2.50 bits per heavy atom. The molecule has 0 heterocycles. The standard InChI is InChI=1S/C13H16FNO3/c1-8-4-10(6-11(14)5-8)12(16)15(3)7-9(2)13(17)18/h4-6,9H,7H2,1-3H3,(H,17,18). The number of carboxylic acid groups (broad SMARTS) is 1. The first-order chi connectivity index (χ1) is 8.31. The Morgan fingerprint density at radius 1 is 1.39 bits per heavy atom. The van der Waals surface area contributed by atoms with Crippen LogP contribution in [0.1, 0.15) is 22.8 Å². The van der Waals surface area contributed by atoms with E-state index in [9.17, 15) is 14.0 Å². The molecule has 0 saturated heterocycles. The average Bonchev–Trinajstić information content (AvgIpc) is 2.26. The Morgan fingerprint density at radius 2 is 2.00 bits per heavy atom. The molecule has 1 aromatic rings. The average molecular weight is 253 g/mol. The molecule has 5 heteroatoms. The largest absolute Gasteiger partial charge is 0.481 e. The van der Waals surface area contributed by atoms with E-state index in [1.165, 1.54) is 24.9 Å². The maximum atomic E-state index is 13.2. The zero-order valence-electron chi connectivity index (χ0n) is 10.6. The number of halogens is 1. The van der Waals surface area contributed by atoms with Crippen LogP contribution in [0.4, 0.5) is 4.39 Å². The molecule has 1 atom stereocenters. The van der Waals surface area contributed by atoms with Gasteiger partial charge in [-0.2, -0.15) is 0 Å². The van der Waals surface area contributed by atoms with Crippen molar-refractivity contribution < 1.29 is 19.1 Å². The molecule has 1 unspecified atom stereocenters. The number of carboxylic acids is 1. The van der Waals surface area contributed by atoms with E-state index in [0.29, 0.717) is 5.56 Å². The van der Waals surface area contributed by atoms with E-state index in [0.717, 1.165) is 6.07 Å². The van der Waals surface area contributed by atoms with E-state index >= 15 is 0 Å². The van der Waals surface area contributed by atoms with Gasteiger partial charge in [0.05, 0.1) is 5.92 Å². The number of nitrogens with zero attached hydrogens (tertiary/aromatic N) is 1. The minimum Gasteiger partial charge on any atom is -0.481 e. The van der Waals surface area contributed by atoms with Gasteiger partial charge in [-0.25, -0.2) is 4.39 Å². The van der Waals surface area contributed by atoms with Crippen LogP contribution < -0.4 is 0 Å². The van der Waals surface area contributed by atoms with E-state index in [2.05, 4.69) is 0 Å². The fourth-order valence-electron chi connectivity index (χ4n) is 1.65. The SMILES string of the molecule is Cc1cc(F)cc(C(=O)N(C)CC(C)C(=O)O)c1. The quantitative estimate of drug-likeness (QED) is 0.892. The second-order valence-electron chi connectivity index (χ2n) is 4.44. The lowest BCUT2D eigenvalue weighted by Crippen LogP contribution is -2.33. The minimum absolute atomic E-state index is 0.0870. The van der Waals surface area contributed by atoms with Crippen molar-refractivity contribution in [1.82, 2.24) is 4.90 Å². The Balaban J connectivity index is 2.83. The molecule has 0 saturated carbocycles. The number of hydrogen-bond acceptors (Lipinski definition) is 2. The number of carbonyl (C=O) groups excluding carboxylic acids is 1. The van der Waals surface area contributed by atoms with E-state index in [1.54, 1.807) is 13.0 Å². The van der Waals surface area contributed by atoms with Crippen LogP contribution in [0.15, 0.2) is 18.2 Å². The molecule has 0 aliphatic rings. The maximum Gasteiger partial charge on any atom is 0.308 e. The highest BCUT2D eigenvalue weighted by atomic mass is 19.1. The Labute approximate surface area is 105 Å². The van der Waals surface area contributed by atoms with Gasteiger partial charge in [-0.05, 0) is 30.7 Å². The number of aliphatic carboxylic acids is 1. The van der Waals surface area contributed by atoms with E-state index in [-0.39, 0.29) is 18.0 Å². The molecule has 0 radical (unpaired) electrons. The van der Waals surface area contributed by atoms with Crippen molar-refractivity contribution in [2.45, 2.75) is 13.8 Å². The Bertz CT molecular complexity index is 453. The molecule has 0 spiro atoms. The highest BCUT2D eigenvalue weighted by Gasteiger charge is 2.19. The second-order valence-corrected chi connectivity index (χ2v) is 4.44. The number of carbonyl (C=O) groups is 2. The van der Waals surface area contributed by atoms with E-state index < -0.39 is 17.7 Å². The normalized spacial score (nSPS) is 12.0. The summed E-state index contributed by atoms with van der Waals surface area (Å²) in [6, 6.07) is 4.06. The highest BCUT2D eigenvalue weighted by Crippen LogP contribution is 2.11. The third-order valence-electron chi connectivity index (χ3n) is 2.61. The van der Waals surface area contributed by atoms with Crippen molar-refractivity contribution in [3.05, 3.63) is 35.1 Å². The van der Waals surface area contributed by atoms with Gasteiger partial charge in [-0.1, -0.05) is 6.92 Å². The predicted octanol–water partition coefficient (Wildman–Crippen LogP) is 1.93. The smallest absolute Gasteiger partial charge is 0.308 e. The molecule has 1 rings (SSSR count). The minimum atomic E-state index is -0.968. The van der Waals surface area contributed by atoms with Gasteiger partial charge in [0.15, 0.2) is 0 Å². The first-order valence-corrected chi connectivity index (χ1v) is 5.56. The van der Waals surface area contributed by atoms with Crippen molar-refractivity contribution >= 4 is 11.9 Å². The highest BCUT2D eigenvalue weighted by molar-refractivity contribution is 5.94. The maximum absolute atomic E-state index is 13.2. The van der Waals surface area contributed by atoms with E-state index in [1.807, 2.05) is 0 Å². The molecule has 0 bridgehead atoms. The molecule has 1 aromatic carbocycles. The van der Waals surface area contributed by atoms with Crippen LogP contribution >= 0.6 is 0 Å². The fraction of sp³-hybridized carbons (Fsp3) is 0.385. The van der Waals surface area contributed by atoms with Crippen molar-refractivity contribution in [2.75, 3.05) is 13.6 Å². The molecule has 0 aliphatic heterocycles. The molecular formula is C13H16FNO3. The van der Waals surface area contributed by atoms with Crippen LogP contribution in [0.3, 0.4) is 0 Å². The topological polar surface area (TPSA) is 57.6 Å². The van der Waals surface area contributed by atoms with Gasteiger partial charge in [-0.3, -0.25) is 9.59 Å². The third kappa shape index (κ3) is 3.55. The molecule has 0 aliphatic carbocycles. The van der Waals surface area contributed by atoms with E-state index in [4.69, 9.17) is 5.11 Å². The molecular weight excluding hydrogens is 237 g/mol. The van der Waals surface area contributed by atoms with Crippen LogP contribution in [-0.2, 0) is 4.79 Å². The zero-order valence-corrected chi connectivity index (χ0v) is 10.6. The Kier molecular flexibility index (Phi) is 4.42. The lowest BCUT2D eigenvalue weighted by molar-refractivity contribution is -0.141. The summed E-state index contributed by atoms with van der Waals surface area (Å²) in [6.07, 6.45) is 0. The van der Waals surface area contributed by atoms with Crippen LogP contribution in [0.25, 0.3) is 0 Å². The van der Waals surface area contributed by atoms with Crippen molar-refractivity contribution in [1.29, 1.82) is 0 Å². The summed E-state index contributed by atoms with van der Waals surface area (Å²) in [4.78, 5) is 24.0. The van der Waals surface area contributed by atoms with Crippen LogP contribution in [0, 0.1) is 18.7 Å². The molecule has 4 nitrogen and oxygen atoms in total. The predicted molar refractivity (Wildman–Crippen MR) is 64.9 cm³/mol. The molecule has 0 aromatic heterocycles. The van der Waals surface area contributed by atoms with Gasteiger partial charge in [-0.15, -0.1) is 0 Å². The summed E-state index contributed by atoms with van der Waals surface area (Å²) in [7, 11) is 1.50. The number of amides is 1. The first-order valence-electron chi connectivity index (χ1n) is 5.56. The number of benzene rings is 1. The zero-order chi connectivity index (χ0) is 13.9. The number of rotatable bonds is 4. The van der Waals surface area contributed by atoms with Gasteiger partial charge in [0.2, 0.25) is 0 Å². The second kappa shape index (κ2) is 5.62. The summed E-state index contributed by atoms with van der Waals surface area (Å²) in [5.74, 6) is -2.48. The van der Waals surface area contributed by atoms with Gasteiger partial charge >= 0.3 is 5.97 Å². The van der Waals surface area contributed by atoms with Crippen LogP contribution in [0.5, 0.6) is 0 Å². The van der Waals surface area contributed by atoms with Crippen LogP contribution in [-0.4, -0.2) is 35.5 Å². The number of hydrogen-bond donors (Lipinski definition) is 1. The summed E-state index contributed by atoms with van der Waals surface area (Å²) < 4.78 is 13.2. The van der Waals surface area contributed by atoms with Crippen molar-refractivity contribution in [2.24, 2.45) is 5.92 Å². The molecule has 98 valence electrons. The third-order valence-corrected chi connectivity index (χ3v) is 2.61. The van der Waals surface area contributed by atoms with Crippen LogP contribution in [0.2, 0.25) is 0 Å². The van der Waals surface area contributed by atoms with Gasteiger partial charge < -0.3 is 10.0 Å². The molecule has 1 N–H and O–H groups in total. The lowest BCUT2D eigenvalue weighted by atomic mass is 10.1. The number of aryl methyl sites for hydroxylation is 1. The van der Waals surface area contributed by atoms with Crippen molar-refractivity contribution in [3.8, 4) is 0 Å². The monoisotopic (exact) mass is 253 g/mol. The molecule has 0 fully saturated rings. The lowest BCUT2D eigenvalue weighted by Gasteiger charge is -2.19. The summed E-state index contributed by atoms with van der Waals surface area (Å²) in [6.45, 7) is 3.30. The fourth-order valence-corrected chi connectivity index (χ4v) is 1.65. The molecule has 1 amide bonds. The first kappa shape index (κ1) is 14.2. The Hall–Kier alpha value is -1.91.